The van der Waals surface area contributed by atoms with Gasteiger partial charge in [-0.3, -0.25) is 4.79 Å². The van der Waals surface area contributed by atoms with Gasteiger partial charge < -0.3 is 20.0 Å². The number of hydrogen-bond acceptors (Lipinski definition) is 4. The molecule has 27 heavy (non-hydrogen) atoms. The third-order valence-corrected chi connectivity index (χ3v) is 6.15. The number of aliphatic hydroxyl groups is 2. The van der Waals surface area contributed by atoms with Crippen LogP contribution in [-0.2, 0) is 11.3 Å². The Kier molecular flexibility index (Phi) is 5.94. The van der Waals surface area contributed by atoms with E-state index in [-0.39, 0.29) is 17.9 Å². The molecule has 1 atom stereocenters. The highest BCUT2D eigenvalue weighted by molar-refractivity contribution is 5.86. The van der Waals surface area contributed by atoms with Crippen LogP contribution in [0.15, 0.2) is 24.3 Å². The van der Waals surface area contributed by atoms with Gasteiger partial charge in [-0.2, -0.15) is 0 Å². The first-order valence-corrected chi connectivity index (χ1v) is 10.2. The molecule has 2 fully saturated rings. The van der Waals surface area contributed by atoms with Gasteiger partial charge in [-0.1, -0.05) is 38.1 Å². The Morgan fingerprint density at radius 1 is 1.15 bits per heavy atom. The summed E-state index contributed by atoms with van der Waals surface area (Å²) in [7, 11) is 1.94. The van der Waals surface area contributed by atoms with E-state index < -0.39 is 5.60 Å². The Bertz CT molecular complexity index is 654. The number of likely N-dealkylation sites (tertiary alicyclic amines) is 1. The first-order chi connectivity index (χ1) is 12.8. The van der Waals surface area contributed by atoms with Crippen LogP contribution in [0.1, 0.15) is 56.6 Å². The molecular weight excluding hydrogens is 340 g/mol. The maximum Gasteiger partial charge on any atom is 0.256 e. The van der Waals surface area contributed by atoms with E-state index in [4.69, 9.17) is 0 Å². The summed E-state index contributed by atoms with van der Waals surface area (Å²) in [5, 5.41) is 20.6. The number of likely N-dealkylation sites (N-methyl/N-ethyl adjacent to an activating group) is 1. The van der Waals surface area contributed by atoms with Crippen LogP contribution < -0.4 is 0 Å². The first kappa shape index (κ1) is 20.3. The minimum Gasteiger partial charge on any atom is -0.396 e. The molecule has 0 unspecified atom stereocenters. The zero-order chi connectivity index (χ0) is 19.7. The van der Waals surface area contributed by atoms with E-state index in [0.29, 0.717) is 32.0 Å². The number of carbonyl (C=O) groups is 1. The van der Waals surface area contributed by atoms with Crippen molar-refractivity contribution in [2.45, 2.75) is 57.6 Å². The summed E-state index contributed by atoms with van der Waals surface area (Å²) in [4.78, 5) is 16.8. The number of nitrogens with zero attached hydrogens (tertiary/aromatic N) is 2. The average Bonchev–Trinajstić information content (AvgIpc) is 3.39. The Labute approximate surface area is 163 Å². The molecule has 1 aromatic carbocycles. The van der Waals surface area contributed by atoms with E-state index in [1.165, 1.54) is 5.56 Å². The first-order valence-electron chi connectivity index (χ1n) is 10.2. The Morgan fingerprint density at radius 2 is 1.81 bits per heavy atom. The second kappa shape index (κ2) is 7.90. The SMILES string of the molecule is CC(C)c1ccc(CN2CCC[C@@](O)(CN(C)CC3(CO)CC3)C2=O)cc1. The number of aliphatic hydroxyl groups excluding tert-OH is 1. The zero-order valence-corrected chi connectivity index (χ0v) is 16.9. The fourth-order valence-electron chi connectivity index (χ4n) is 4.21. The molecule has 0 radical (unpaired) electrons. The molecular formula is C22H34N2O3. The van der Waals surface area contributed by atoms with Crippen LogP contribution >= 0.6 is 0 Å². The highest BCUT2D eigenvalue weighted by Gasteiger charge is 2.46. The minimum absolute atomic E-state index is 0.0132. The molecule has 2 aliphatic rings. The molecule has 1 amide bonds. The highest BCUT2D eigenvalue weighted by atomic mass is 16.3. The fourth-order valence-corrected chi connectivity index (χ4v) is 4.21. The van der Waals surface area contributed by atoms with Crippen LogP contribution in [0.4, 0.5) is 0 Å². The molecule has 0 spiro atoms. The van der Waals surface area contributed by atoms with E-state index in [1.54, 1.807) is 4.90 Å². The highest BCUT2D eigenvalue weighted by Crippen LogP contribution is 2.45. The number of benzene rings is 1. The lowest BCUT2D eigenvalue weighted by molar-refractivity contribution is -0.160. The normalized spacial score (nSPS) is 24.7. The summed E-state index contributed by atoms with van der Waals surface area (Å²) in [6.45, 7) is 6.82. The van der Waals surface area contributed by atoms with E-state index in [9.17, 15) is 15.0 Å². The molecule has 1 aliphatic carbocycles. The van der Waals surface area contributed by atoms with Crippen molar-refractivity contribution in [1.29, 1.82) is 0 Å². The molecule has 150 valence electrons. The van der Waals surface area contributed by atoms with Crippen LogP contribution in [0.3, 0.4) is 0 Å². The van der Waals surface area contributed by atoms with Gasteiger partial charge in [-0.15, -0.1) is 0 Å². The molecule has 1 saturated carbocycles. The average molecular weight is 375 g/mol. The molecule has 2 N–H and O–H groups in total. The molecule has 1 aromatic rings. The fraction of sp³-hybridized carbons (Fsp3) is 0.682. The van der Waals surface area contributed by atoms with Gasteiger partial charge in [0.05, 0.1) is 0 Å². The lowest BCUT2D eigenvalue weighted by Crippen LogP contribution is -2.58. The number of hydrogen-bond donors (Lipinski definition) is 2. The largest absolute Gasteiger partial charge is 0.396 e. The maximum absolute atomic E-state index is 13.0. The molecule has 5 nitrogen and oxygen atoms in total. The van der Waals surface area contributed by atoms with Crippen molar-refractivity contribution in [1.82, 2.24) is 9.80 Å². The monoisotopic (exact) mass is 374 g/mol. The molecule has 3 rings (SSSR count). The van der Waals surface area contributed by atoms with Crippen molar-refractivity contribution in [3.8, 4) is 0 Å². The van der Waals surface area contributed by atoms with Crippen molar-refractivity contribution < 1.29 is 15.0 Å². The summed E-state index contributed by atoms with van der Waals surface area (Å²) in [5.41, 5.74) is 1.05. The number of carbonyl (C=O) groups excluding carboxylic acids is 1. The van der Waals surface area contributed by atoms with Crippen LogP contribution in [-0.4, -0.2) is 64.8 Å². The van der Waals surface area contributed by atoms with Crippen LogP contribution in [0, 0.1) is 5.41 Å². The standard InChI is InChI=1S/C22H34N2O3/c1-17(2)19-7-5-18(6-8-19)13-24-12-4-9-22(27,20(24)26)15-23(3)14-21(16-25)10-11-21/h5-8,17,25,27H,4,9-16H2,1-3H3/t22-/m1/s1. The quantitative estimate of drug-likeness (QED) is 0.733. The number of rotatable bonds is 8. The van der Waals surface area contributed by atoms with E-state index in [2.05, 4.69) is 38.1 Å². The Morgan fingerprint density at radius 3 is 2.37 bits per heavy atom. The van der Waals surface area contributed by atoms with Gasteiger partial charge in [0.15, 0.2) is 5.60 Å². The smallest absolute Gasteiger partial charge is 0.256 e. The summed E-state index contributed by atoms with van der Waals surface area (Å²) in [6, 6.07) is 8.41. The van der Waals surface area contributed by atoms with Gasteiger partial charge in [-0.05, 0) is 49.8 Å². The van der Waals surface area contributed by atoms with Gasteiger partial charge in [0.25, 0.3) is 5.91 Å². The molecule has 5 heteroatoms. The second-order valence-electron chi connectivity index (χ2n) is 9.09. The van der Waals surface area contributed by atoms with Gasteiger partial charge in [0.2, 0.25) is 0 Å². The Hall–Kier alpha value is -1.43. The lowest BCUT2D eigenvalue weighted by atomic mass is 9.90. The number of amides is 1. The minimum atomic E-state index is -1.32. The van der Waals surface area contributed by atoms with Crippen molar-refractivity contribution in [3.05, 3.63) is 35.4 Å². The van der Waals surface area contributed by atoms with Gasteiger partial charge in [0.1, 0.15) is 0 Å². The summed E-state index contributed by atoms with van der Waals surface area (Å²) >= 11 is 0. The molecule has 1 heterocycles. The third kappa shape index (κ3) is 4.71. The maximum atomic E-state index is 13.0. The van der Waals surface area contributed by atoms with Crippen LogP contribution in [0.5, 0.6) is 0 Å². The zero-order valence-electron chi connectivity index (χ0n) is 16.9. The predicted molar refractivity (Wildman–Crippen MR) is 106 cm³/mol. The Balaban J connectivity index is 1.62. The topological polar surface area (TPSA) is 64.0 Å². The van der Waals surface area contributed by atoms with Crippen molar-refractivity contribution >= 4 is 5.91 Å². The van der Waals surface area contributed by atoms with Crippen LogP contribution in [0.2, 0.25) is 0 Å². The van der Waals surface area contributed by atoms with Crippen molar-refractivity contribution in [2.24, 2.45) is 5.41 Å². The molecule has 1 saturated heterocycles. The summed E-state index contributed by atoms with van der Waals surface area (Å²) in [6.07, 6.45) is 3.37. The number of piperidine rings is 1. The summed E-state index contributed by atoms with van der Waals surface area (Å²) < 4.78 is 0. The summed E-state index contributed by atoms with van der Waals surface area (Å²) in [5.74, 6) is 0.326. The van der Waals surface area contributed by atoms with Gasteiger partial charge in [0, 0.05) is 38.2 Å². The van der Waals surface area contributed by atoms with E-state index in [1.807, 2.05) is 11.9 Å². The van der Waals surface area contributed by atoms with Gasteiger partial charge >= 0.3 is 0 Å². The van der Waals surface area contributed by atoms with Crippen molar-refractivity contribution in [2.75, 3.05) is 33.3 Å². The third-order valence-electron chi connectivity index (χ3n) is 6.15. The van der Waals surface area contributed by atoms with Crippen molar-refractivity contribution in [3.63, 3.8) is 0 Å². The van der Waals surface area contributed by atoms with E-state index in [0.717, 1.165) is 31.4 Å². The molecule has 1 aliphatic heterocycles. The van der Waals surface area contributed by atoms with Gasteiger partial charge in [-0.25, -0.2) is 0 Å². The molecule has 0 aromatic heterocycles. The van der Waals surface area contributed by atoms with Crippen LogP contribution in [0.25, 0.3) is 0 Å². The second-order valence-corrected chi connectivity index (χ2v) is 9.09. The van der Waals surface area contributed by atoms with E-state index >= 15 is 0 Å². The molecule has 0 bridgehead atoms. The lowest BCUT2D eigenvalue weighted by Gasteiger charge is -2.40. The predicted octanol–water partition coefficient (Wildman–Crippen LogP) is 2.37.